The molecule has 0 amide bonds. The topological polar surface area (TPSA) is 21.3 Å². The number of benzene rings is 1. The minimum Gasteiger partial charge on any atom is -0.376 e. The number of aryl methyl sites for hydroxylation is 1. The van der Waals surface area contributed by atoms with Crippen molar-refractivity contribution in [2.45, 2.75) is 57.1 Å². The van der Waals surface area contributed by atoms with Crippen LogP contribution in [0, 0.1) is 0 Å². The van der Waals surface area contributed by atoms with Crippen LogP contribution < -0.4 is 5.32 Å². The first-order chi connectivity index (χ1) is 9.25. The van der Waals surface area contributed by atoms with Crippen molar-refractivity contribution < 1.29 is 4.74 Å². The van der Waals surface area contributed by atoms with E-state index in [4.69, 9.17) is 4.74 Å². The van der Waals surface area contributed by atoms with Crippen LogP contribution in [0.2, 0.25) is 0 Å². The van der Waals surface area contributed by atoms with Gasteiger partial charge in [-0.3, -0.25) is 0 Å². The van der Waals surface area contributed by atoms with Crippen molar-refractivity contribution in [3.63, 3.8) is 0 Å². The summed E-state index contributed by atoms with van der Waals surface area (Å²) in [6, 6.07) is 9.23. The number of rotatable bonds is 5. The van der Waals surface area contributed by atoms with E-state index in [-0.39, 0.29) is 5.60 Å². The van der Waals surface area contributed by atoms with Gasteiger partial charge in [0, 0.05) is 7.11 Å². The van der Waals surface area contributed by atoms with Gasteiger partial charge in [-0.25, -0.2) is 0 Å². The van der Waals surface area contributed by atoms with Crippen LogP contribution in [0.4, 0.5) is 0 Å². The fourth-order valence-corrected chi connectivity index (χ4v) is 3.49. The van der Waals surface area contributed by atoms with Crippen LogP contribution >= 0.6 is 0 Å². The number of ether oxygens (including phenoxy) is 1. The normalized spacial score (nSPS) is 20.2. The summed E-state index contributed by atoms with van der Waals surface area (Å²) in [5.41, 5.74) is 2.74. The summed E-state index contributed by atoms with van der Waals surface area (Å²) in [7, 11) is 3.93. The molecule has 1 atom stereocenters. The van der Waals surface area contributed by atoms with E-state index in [9.17, 15) is 0 Å². The van der Waals surface area contributed by atoms with Crippen LogP contribution in [-0.2, 0) is 11.2 Å². The Kier molecular flexibility index (Phi) is 5.00. The summed E-state index contributed by atoms with van der Waals surface area (Å²) in [5.74, 6) is 0. The fraction of sp³-hybridized carbons (Fsp3) is 0.647. The second-order valence-electron chi connectivity index (χ2n) is 5.65. The number of likely N-dealkylation sites (N-methyl/N-ethyl adjacent to an activating group) is 1. The van der Waals surface area contributed by atoms with E-state index in [1.54, 1.807) is 0 Å². The molecule has 1 aromatic carbocycles. The molecular formula is C17H27NO. The second kappa shape index (κ2) is 6.53. The Balaban J connectivity index is 2.30. The molecule has 2 nitrogen and oxygen atoms in total. The lowest BCUT2D eigenvalue weighted by molar-refractivity contribution is -0.0671. The minimum atomic E-state index is -0.0284. The van der Waals surface area contributed by atoms with Gasteiger partial charge in [0.1, 0.15) is 0 Å². The van der Waals surface area contributed by atoms with E-state index in [0.29, 0.717) is 6.04 Å². The van der Waals surface area contributed by atoms with Crippen molar-refractivity contribution in [3.8, 4) is 0 Å². The van der Waals surface area contributed by atoms with E-state index in [0.717, 1.165) is 19.3 Å². The first kappa shape index (κ1) is 14.5. The molecule has 1 unspecified atom stereocenters. The molecule has 0 saturated heterocycles. The largest absolute Gasteiger partial charge is 0.376 e. The number of hydrogen-bond acceptors (Lipinski definition) is 2. The van der Waals surface area contributed by atoms with Gasteiger partial charge in [-0.05, 0) is 37.4 Å². The summed E-state index contributed by atoms with van der Waals surface area (Å²) in [6.45, 7) is 2.21. The summed E-state index contributed by atoms with van der Waals surface area (Å²) >= 11 is 0. The number of hydrogen-bond donors (Lipinski definition) is 1. The molecule has 0 aliphatic heterocycles. The summed E-state index contributed by atoms with van der Waals surface area (Å²) in [5, 5.41) is 3.51. The van der Waals surface area contributed by atoms with Crippen molar-refractivity contribution in [2.24, 2.45) is 0 Å². The van der Waals surface area contributed by atoms with Crippen LogP contribution in [0.5, 0.6) is 0 Å². The Bertz CT molecular complexity index is 396. The van der Waals surface area contributed by atoms with Crippen LogP contribution in [0.25, 0.3) is 0 Å². The maximum absolute atomic E-state index is 6.00. The van der Waals surface area contributed by atoms with E-state index in [1.165, 1.54) is 30.4 Å². The molecule has 1 saturated carbocycles. The highest BCUT2D eigenvalue weighted by molar-refractivity contribution is 5.28. The smallest absolute Gasteiger partial charge is 0.0872 e. The Morgan fingerprint density at radius 2 is 2.00 bits per heavy atom. The molecule has 1 N–H and O–H groups in total. The highest BCUT2D eigenvalue weighted by Crippen LogP contribution is 2.41. The third-order valence-corrected chi connectivity index (χ3v) is 4.61. The van der Waals surface area contributed by atoms with Crippen molar-refractivity contribution in [1.82, 2.24) is 5.32 Å². The van der Waals surface area contributed by atoms with Crippen molar-refractivity contribution >= 4 is 0 Å². The molecule has 19 heavy (non-hydrogen) atoms. The third-order valence-electron chi connectivity index (χ3n) is 4.61. The van der Waals surface area contributed by atoms with Gasteiger partial charge in [0.25, 0.3) is 0 Å². The maximum Gasteiger partial charge on any atom is 0.0872 e. The monoisotopic (exact) mass is 261 g/mol. The zero-order valence-corrected chi connectivity index (χ0v) is 12.5. The van der Waals surface area contributed by atoms with Crippen molar-refractivity contribution in [2.75, 3.05) is 14.2 Å². The maximum atomic E-state index is 6.00. The molecule has 1 aliphatic rings. The van der Waals surface area contributed by atoms with Gasteiger partial charge in [-0.1, -0.05) is 50.5 Å². The molecular weight excluding hydrogens is 234 g/mol. The van der Waals surface area contributed by atoms with Crippen LogP contribution in [0.3, 0.4) is 0 Å². The van der Waals surface area contributed by atoms with Crippen LogP contribution in [0.15, 0.2) is 24.3 Å². The van der Waals surface area contributed by atoms with Gasteiger partial charge in [-0.2, -0.15) is 0 Å². The van der Waals surface area contributed by atoms with E-state index in [1.807, 2.05) is 7.11 Å². The molecule has 2 rings (SSSR count). The summed E-state index contributed by atoms with van der Waals surface area (Å²) < 4.78 is 6.00. The van der Waals surface area contributed by atoms with Crippen LogP contribution in [0.1, 0.15) is 56.2 Å². The third kappa shape index (κ3) is 3.01. The molecule has 1 aromatic rings. The quantitative estimate of drug-likeness (QED) is 0.869. The van der Waals surface area contributed by atoms with Gasteiger partial charge in [0.2, 0.25) is 0 Å². The molecule has 106 valence electrons. The predicted octanol–water partition coefficient (Wildman–Crippen LogP) is 3.86. The molecule has 0 bridgehead atoms. The van der Waals surface area contributed by atoms with Crippen LogP contribution in [-0.4, -0.2) is 19.8 Å². The molecule has 1 aliphatic carbocycles. The molecule has 2 heteroatoms. The lowest BCUT2D eigenvalue weighted by Crippen LogP contribution is -2.46. The summed E-state index contributed by atoms with van der Waals surface area (Å²) in [4.78, 5) is 0. The molecule has 0 heterocycles. The Morgan fingerprint density at radius 1 is 1.26 bits per heavy atom. The zero-order chi connectivity index (χ0) is 13.7. The van der Waals surface area contributed by atoms with E-state index >= 15 is 0 Å². The first-order valence-electron chi connectivity index (χ1n) is 7.57. The van der Waals surface area contributed by atoms with E-state index in [2.05, 4.69) is 43.6 Å². The SMILES string of the molecule is CCc1cccc(C(NC)C2(OC)CCCCC2)c1. The Morgan fingerprint density at radius 3 is 2.58 bits per heavy atom. The lowest BCUT2D eigenvalue weighted by Gasteiger charge is -2.42. The molecule has 1 fully saturated rings. The number of nitrogens with one attached hydrogen (secondary N) is 1. The Labute approximate surface area is 117 Å². The second-order valence-corrected chi connectivity index (χ2v) is 5.65. The lowest BCUT2D eigenvalue weighted by atomic mass is 9.76. The standard InChI is InChI=1S/C17H27NO/c1-4-14-9-8-10-15(13-14)16(18-2)17(19-3)11-6-5-7-12-17/h8-10,13,16,18H,4-7,11-12H2,1-3H3. The highest BCUT2D eigenvalue weighted by atomic mass is 16.5. The molecule has 0 spiro atoms. The van der Waals surface area contributed by atoms with Gasteiger partial charge in [0.15, 0.2) is 0 Å². The first-order valence-corrected chi connectivity index (χ1v) is 7.57. The van der Waals surface area contributed by atoms with Crippen molar-refractivity contribution in [3.05, 3.63) is 35.4 Å². The van der Waals surface area contributed by atoms with E-state index < -0.39 is 0 Å². The molecule has 0 radical (unpaired) electrons. The fourth-order valence-electron chi connectivity index (χ4n) is 3.49. The van der Waals surface area contributed by atoms with Gasteiger partial charge in [-0.15, -0.1) is 0 Å². The Hall–Kier alpha value is -0.860. The molecule has 0 aromatic heterocycles. The van der Waals surface area contributed by atoms with Gasteiger partial charge >= 0.3 is 0 Å². The van der Waals surface area contributed by atoms with Gasteiger partial charge < -0.3 is 10.1 Å². The average Bonchev–Trinajstić information content (AvgIpc) is 2.49. The average molecular weight is 261 g/mol. The van der Waals surface area contributed by atoms with Crippen molar-refractivity contribution in [1.29, 1.82) is 0 Å². The minimum absolute atomic E-state index is 0.0284. The summed E-state index contributed by atoms with van der Waals surface area (Å²) in [6.07, 6.45) is 7.30. The predicted molar refractivity (Wildman–Crippen MR) is 80.4 cm³/mol. The van der Waals surface area contributed by atoms with Gasteiger partial charge in [0.05, 0.1) is 11.6 Å². The zero-order valence-electron chi connectivity index (χ0n) is 12.5. The number of methoxy groups -OCH3 is 1. The highest BCUT2D eigenvalue weighted by Gasteiger charge is 2.40.